The van der Waals surface area contributed by atoms with Crippen LogP contribution in [0.1, 0.15) is 29.8 Å². The maximum Gasteiger partial charge on any atom is 0.352 e. The number of aryl methyl sites for hydroxylation is 1. The number of aromatic nitrogens is 2. The number of aliphatic carboxylic acids is 1. The molecule has 0 spiro atoms. The topological polar surface area (TPSA) is 72.2 Å². The lowest BCUT2D eigenvalue weighted by Crippen LogP contribution is -2.28. The van der Waals surface area contributed by atoms with Gasteiger partial charge in [-0.25, -0.2) is 4.79 Å². The largest absolute Gasteiger partial charge is 0.481 e. The van der Waals surface area contributed by atoms with E-state index >= 15 is 0 Å². The third-order valence-corrected chi connectivity index (χ3v) is 3.39. The predicted molar refractivity (Wildman–Crippen MR) is 75.4 cm³/mol. The highest BCUT2D eigenvalue weighted by molar-refractivity contribution is 5.76. The van der Waals surface area contributed by atoms with E-state index in [1.165, 1.54) is 4.57 Å². The number of benzene rings is 1. The first-order valence-corrected chi connectivity index (χ1v) is 6.32. The summed E-state index contributed by atoms with van der Waals surface area (Å²) in [5, 5.41) is 9.20. The zero-order chi connectivity index (χ0) is 14.9. The van der Waals surface area contributed by atoms with E-state index in [1.807, 2.05) is 18.2 Å². The Balaban J connectivity index is 2.75. The summed E-state index contributed by atoms with van der Waals surface area (Å²) < 4.78 is 1.45. The Morgan fingerprint density at radius 3 is 2.40 bits per heavy atom. The lowest BCUT2D eigenvalue weighted by molar-refractivity contribution is -0.138. The lowest BCUT2D eigenvalue weighted by Gasteiger charge is -2.17. The second kappa shape index (κ2) is 5.28. The van der Waals surface area contributed by atoms with E-state index in [4.69, 9.17) is 0 Å². The van der Waals surface area contributed by atoms with E-state index in [1.54, 1.807) is 32.9 Å². The molecule has 1 unspecified atom stereocenters. The van der Waals surface area contributed by atoms with Crippen LogP contribution in [0.15, 0.2) is 35.1 Å². The molecule has 1 atom stereocenters. The van der Waals surface area contributed by atoms with Gasteiger partial charge in [-0.3, -0.25) is 9.36 Å². The molecule has 5 heteroatoms. The van der Waals surface area contributed by atoms with Crippen LogP contribution in [0.3, 0.4) is 0 Å². The molecule has 5 nitrogen and oxygen atoms in total. The normalized spacial score (nSPS) is 12.2. The molecule has 0 saturated heterocycles. The fourth-order valence-corrected chi connectivity index (χ4v) is 2.41. The van der Waals surface area contributed by atoms with Crippen LogP contribution in [0.2, 0.25) is 0 Å². The molecule has 0 bridgehead atoms. The molecule has 20 heavy (non-hydrogen) atoms. The Morgan fingerprint density at radius 2 is 1.85 bits per heavy atom. The van der Waals surface area contributed by atoms with Crippen molar-refractivity contribution in [2.75, 3.05) is 0 Å². The van der Waals surface area contributed by atoms with E-state index in [0.29, 0.717) is 22.6 Å². The Bertz CT molecular complexity index is 705. The van der Waals surface area contributed by atoms with Crippen molar-refractivity contribution in [2.24, 2.45) is 0 Å². The van der Waals surface area contributed by atoms with Gasteiger partial charge in [0, 0.05) is 17.0 Å². The van der Waals surface area contributed by atoms with Crippen molar-refractivity contribution in [2.45, 2.75) is 26.7 Å². The van der Waals surface area contributed by atoms with Crippen molar-refractivity contribution in [3.8, 4) is 5.69 Å². The highest BCUT2D eigenvalue weighted by atomic mass is 16.4. The monoisotopic (exact) mass is 272 g/mol. The minimum absolute atomic E-state index is 0.396. The Labute approximate surface area is 116 Å². The first kappa shape index (κ1) is 14.0. The number of carboxylic acids is 1. The molecule has 2 rings (SSSR count). The number of rotatable bonds is 3. The summed E-state index contributed by atoms with van der Waals surface area (Å²) in [4.78, 5) is 27.3. The molecule has 0 radical (unpaired) electrons. The van der Waals surface area contributed by atoms with E-state index in [0.717, 1.165) is 0 Å². The molecule has 104 valence electrons. The average molecular weight is 272 g/mol. The maximum absolute atomic E-state index is 12.1. The second-order valence-electron chi connectivity index (χ2n) is 4.71. The predicted octanol–water partition coefficient (Wildman–Crippen LogP) is 2.04. The summed E-state index contributed by atoms with van der Waals surface area (Å²) in [7, 11) is 0. The van der Waals surface area contributed by atoms with Crippen LogP contribution in [0, 0.1) is 13.8 Å². The second-order valence-corrected chi connectivity index (χ2v) is 4.71. The fourth-order valence-electron chi connectivity index (χ4n) is 2.41. The molecular weight excluding hydrogens is 256 g/mol. The van der Waals surface area contributed by atoms with Crippen LogP contribution < -0.4 is 5.69 Å². The molecule has 1 N–H and O–H groups in total. The van der Waals surface area contributed by atoms with Crippen LogP contribution in [0.25, 0.3) is 5.69 Å². The molecule has 0 aliphatic heterocycles. The van der Waals surface area contributed by atoms with Gasteiger partial charge in [-0.15, -0.1) is 0 Å². The molecule has 0 saturated carbocycles. The van der Waals surface area contributed by atoms with Crippen LogP contribution >= 0.6 is 0 Å². The number of nitrogens with zero attached hydrogens (tertiary/aromatic N) is 2. The highest BCUT2D eigenvalue weighted by Crippen LogP contribution is 2.22. The first-order chi connectivity index (χ1) is 9.43. The van der Waals surface area contributed by atoms with Crippen LogP contribution in [-0.4, -0.2) is 20.6 Å². The minimum Gasteiger partial charge on any atom is -0.481 e. The minimum atomic E-state index is -0.934. The molecular formula is C15H16N2O3. The van der Waals surface area contributed by atoms with Crippen molar-refractivity contribution in [1.82, 2.24) is 9.55 Å². The van der Waals surface area contributed by atoms with Crippen LogP contribution in [0.5, 0.6) is 0 Å². The molecule has 0 fully saturated rings. The van der Waals surface area contributed by atoms with E-state index in [2.05, 4.69) is 4.98 Å². The van der Waals surface area contributed by atoms with Crippen LogP contribution in [-0.2, 0) is 4.79 Å². The van der Waals surface area contributed by atoms with Crippen LogP contribution in [0.4, 0.5) is 0 Å². The summed E-state index contributed by atoms with van der Waals surface area (Å²) in [6.45, 7) is 5.01. The quantitative estimate of drug-likeness (QED) is 0.928. The number of hydrogen-bond acceptors (Lipinski definition) is 3. The third-order valence-electron chi connectivity index (χ3n) is 3.39. The third kappa shape index (κ3) is 2.34. The van der Waals surface area contributed by atoms with Gasteiger partial charge < -0.3 is 5.11 Å². The lowest BCUT2D eigenvalue weighted by atomic mass is 9.98. The number of para-hydroxylation sites is 1. The standard InChI is InChI=1S/C15H16N2O3/c1-9(14(18)19)13-10(2)16-15(20)17(11(13)3)12-7-5-4-6-8-12/h4-9H,1-3H3,(H,18,19). The van der Waals surface area contributed by atoms with Gasteiger partial charge in [-0.05, 0) is 32.9 Å². The van der Waals surface area contributed by atoms with Gasteiger partial charge in [0.2, 0.25) is 0 Å². The molecule has 2 aromatic rings. The summed E-state index contributed by atoms with van der Waals surface area (Å²) in [5.41, 5.74) is 1.95. The van der Waals surface area contributed by atoms with Crippen molar-refractivity contribution in [3.63, 3.8) is 0 Å². The van der Waals surface area contributed by atoms with Gasteiger partial charge in [-0.1, -0.05) is 18.2 Å². The summed E-state index contributed by atoms with van der Waals surface area (Å²) in [6.07, 6.45) is 0. The molecule has 0 amide bonds. The Hall–Kier alpha value is -2.43. The molecule has 1 aromatic heterocycles. The molecule has 0 aliphatic rings. The number of carboxylic acid groups (broad SMARTS) is 1. The van der Waals surface area contributed by atoms with Gasteiger partial charge in [0.1, 0.15) is 0 Å². The average Bonchev–Trinajstić information content (AvgIpc) is 2.39. The van der Waals surface area contributed by atoms with E-state index in [9.17, 15) is 14.7 Å². The SMILES string of the molecule is Cc1nc(=O)n(-c2ccccc2)c(C)c1C(C)C(=O)O. The fraction of sp³-hybridized carbons (Fsp3) is 0.267. The van der Waals surface area contributed by atoms with E-state index in [-0.39, 0.29) is 0 Å². The Kier molecular flexibility index (Phi) is 3.70. The van der Waals surface area contributed by atoms with E-state index < -0.39 is 17.6 Å². The van der Waals surface area contributed by atoms with Crippen molar-refractivity contribution >= 4 is 5.97 Å². The zero-order valence-electron chi connectivity index (χ0n) is 11.6. The van der Waals surface area contributed by atoms with Gasteiger partial charge in [-0.2, -0.15) is 4.98 Å². The maximum atomic E-state index is 12.1. The van der Waals surface area contributed by atoms with Crippen molar-refractivity contribution < 1.29 is 9.90 Å². The summed E-state index contributed by atoms with van der Waals surface area (Å²) >= 11 is 0. The first-order valence-electron chi connectivity index (χ1n) is 6.32. The Morgan fingerprint density at radius 1 is 1.25 bits per heavy atom. The number of hydrogen-bond donors (Lipinski definition) is 1. The van der Waals surface area contributed by atoms with Crippen molar-refractivity contribution in [1.29, 1.82) is 0 Å². The van der Waals surface area contributed by atoms with Gasteiger partial charge >= 0.3 is 11.7 Å². The van der Waals surface area contributed by atoms with Gasteiger partial charge in [0.15, 0.2) is 0 Å². The van der Waals surface area contributed by atoms with Gasteiger partial charge in [0.05, 0.1) is 11.6 Å². The molecule has 1 aromatic carbocycles. The van der Waals surface area contributed by atoms with Gasteiger partial charge in [0.25, 0.3) is 0 Å². The zero-order valence-corrected chi connectivity index (χ0v) is 11.6. The van der Waals surface area contributed by atoms with Crippen molar-refractivity contribution in [3.05, 3.63) is 57.8 Å². The molecule has 0 aliphatic carbocycles. The highest BCUT2D eigenvalue weighted by Gasteiger charge is 2.22. The number of carbonyl (C=O) groups is 1. The smallest absolute Gasteiger partial charge is 0.352 e. The molecule has 1 heterocycles. The summed E-state index contributed by atoms with van der Waals surface area (Å²) in [6, 6.07) is 9.08. The summed E-state index contributed by atoms with van der Waals surface area (Å²) in [5.74, 6) is -1.64.